The van der Waals surface area contributed by atoms with E-state index in [0.717, 1.165) is 26.9 Å². The first-order valence-corrected chi connectivity index (χ1v) is 10.5. The van der Waals surface area contributed by atoms with E-state index in [1.807, 2.05) is 49.4 Å². The molecule has 0 N–H and O–H groups in total. The van der Waals surface area contributed by atoms with Gasteiger partial charge in [0.25, 0.3) is 0 Å². The molecule has 0 bridgehead atoms. The molecule has 1 aliphatic heterocycles. The van der Waals surface area contributed by atoms with E-state index < -0.39 is 0 Å². The summed E-state index contributed by atoms with van der Waals surface area (Å²) in [6, 6.07) is 16.8. The van der Waals surface area contributed by atoms with Crippen molar-refractivity contribution in [3.05, 3.63) is 87.1 Å². The summed E-state index contributed by atoms with van der Waals surface area (Å²) in [4.78, 5) is 12.9. The van der Waals surface area contributed by atoms with Crippen LogP contribution >= 0.6 is 15.9 Å². The summed E-state index contributed by atoms with van der Waals surface area (Å²) >= 11 is 3.45. The molecule has 5 nitrogen and oxygen atoms in total. The van der Waals surface area contributed by atoms with Gasteiger partial charge in [-0.25, -0.2) is 0 Å². The number of carbonyl (C=O) groups is 1. The van der Waals surface area contributed by atoms with Crippen LogP contribution in [-0.4, -0.2) is 20.0 Å². The second kappa shape index (κ2) is 8.86. The molecule has 0 aromatic heterocycles. The normalized spacial score (nSPS) is 13.7. The number of benzene rings is 3. The van der Waals surface area contributed by atoms with Gasteiger partial charge in [-0.3, -0.25) is 4.79 Å². The monoisotopic (exact) mass is 480 g/mol. The summed E-state index contributed by atoms with van der Waals surface area (Å²) in [7, 11) is 3.22. The molecule has 1 heterocycles. The van der Waals surface area contributed by atoms with Crippen molar-refractivity contribution in [3.8, 4) is 23.0 Å². The van der Waals surface area contributed by atoms with Gasteiger partial charge in [0.05, 0.1) is 19.8 Å². The van der Waals surface area contributed by atoms with Crippen LogP contribution in [0, 0.1) is 6.92 Å². The molecule has 3 aromatic carbocycles. The molecule has 0 atom stereocenters. The van der Waals surface area contributed by atoms with E-state index in [-0.39, 0.29) is 11.5 Å². The highest BCUT2D eigenvalue weighted by Gasteiger charge is 2.30. The van der Waals surface area contributed by atoms with Gasteiger partial charge in [0.15, 0.2) is 5.76 Å². The fourth-order valence-electron chi connectivity index (χ4n) is 3.41. The highest BCUT2D eigenvalue weighted by molar-refractivity contribution is 9.10. The zero-order valence-corrected chi connectivity index (χ0v) is 19.0. The Morgan fingerprint density at radius 3 is 2.58 bits per heavy atom. The van der Waals surface area contributed by atoms with Crippen molar-refractivity contribution in [2.24, 2.45) is 0 Å². The molecule has 0 saturated carbocycles. The van der Waals surface area contributed by atoms with Gasteiger partial charge in [-0.05, 0) is 61.0 Å². The van der Waals surface area contributed by atoms with E-state index in [4.69, 9.17) is 18.9 Å². The first-order valence-electron chi connectivity index (χ1n) is 9.67. The van der Waals surface area contributed by atoms with Crippen molar-refractivity contribution < 1.29 is 23.7 Å². The number of rotatable bonds is 6. The molecule has 3 aromatic rings. The molecule has 31 heavy (non-hydrogen) atoms. The number of Topliss-reactive ketones (excluding diaryl/α,β-unsaturated/α-hetero) is 1. The molecule has 1 aliphatic rings. The summed E-state index contributed by atoms with van der Waals surface area (Å²) < 4.78 is 23.5. The van der Waals surface area contributed by atoms with Gasteiger partial charge in [-0.15, -0.1) is 0 Å². The molecule has 0 unspecified atom stereocenters. The number of carbonyl (C=O) groups excluding carboxylic acids is 1. The van der Waals surface area contributed by atoms with Crippen LogP contribution in [0.5, 0.6) is 23.0 Å². The third-order valence-corrected chi connectivity index (χ3v) is 5.54. The second-order valence-corrected chi connectivity index (χ2v) is 7.95. The standard InChI is InChI=1S/C25H21BrO5/c1-15-21(30-14-16-5-4-6-19(11-16)28-2)10-8-20-24(27)23(31-25(15)20)13-17-12-18(26)7-9-22(17)29-3/h4-13H,14H2,1-3H3/b23-13-. The zero-order chi connectivity index (χ0) is 22.0. The minimum Gasteiger partial charge on any atom is -0.497 e. The van der Waals surface area contributed by atoms with E-state index >= 15 is 0 Å². The van der Waals surface area contributed by atoms with Crippen LogP contribution in [-0.2, 0) is 6.61 Å². The molecule has 0 radical (unpaired) electrons. The van der Waals surface area contributed by atoms with Crippen molar-refractivity contribution in [2.45, 2.75) is 13.5 Å². The Kier molecular flexibility index (Phi) is 6.00. The van der Waals surface area contributed by atoms with E-state index in [2.05, 4.69) is 15.9 Å². The Hall–Kier alpha value is -3.25. The minimum atomic E-state index is -0.167. The van der Waals surface area contributed by atoms with Crippen LogP contribution in [0.4, 0.5) is 0 Å². The van der Waals surface area contributed by atoms with Crippen molar-refractivity contribution in [1.82, 2.24) is 0 Å². The summed E-state index contributed by atoms with van der Waals surface area (Å²) in [5.41, 5.74) is 3.03. The predicted molar refractivity (Wildman–Crippen MR) is 122 cm³/mol. The molecule has 0 saturated heterocycles. The van der Waals surface area contributed by atoms with Crippen molar-refractivity contribution >= 4 is 27.8 Å². The first kappa shape index (κ1) is 21.0. The first-order chi connectivity index (χ1) is 15.0. The Balaban J connectivity index is 1.59. The number of methoxy groups -OCH3 is 2. The summed E-state index contributed by atoms with van der Waals surface area (Å²) in [6.45, 7) is 2.26. The van der Waals surface area contributed by atoms with E-state index in [9.17, 15) is 4.79 Å². The molecule has 0 fully saturated rings. The Morgan fingerprint density at radius 1 is 1.00 bits per heavy atom. The highest BCUT2D eigenvalue weighted by Crippen LogP contribution is 2.40. The smallest absolute Gasteiger partial charge is 0.231 e. The highest BCUT2D eigenvalue weighted by atomic mass is 79.9. The Morgan fingerprint density at radius 2 is 1.81 bits per heavy atom. The van der Waals surface area contributed by atoms with Crippen LogP contribution < -0.4 is 18.9 Å². The topological polar surface area (TPSA) is 54.0 Å². The maximum Gasteiger partial charge on any atom is 0.231 e. The third kappa shape index (κ3) is 4.30. The fourth-order valence-corrected chi connectivity index (χ4v) is 3.79. The Labute approximate surface area is 189 Å². The van der Waals surface area contributed by atoms with Gasteiger partial charge in [-0.2, -0.15) is 0 Å². The van der Waals surface area contributed by atoms with Crippen LogP contribution in [0.15, 0.2) is 64.8 Å². The lowest BCUT2D eigenvalue weighted by molar-refractivity contribution is 0.101. The number of ketones is 1. The average molecular weight is 481 g/mol. The van der Waals surface area contributed by atoms with Gasteiger partial charge in [-0.1, -0.05) is 28.1 Å². The quantitative estimate of drug-likeness (QED) is 0.406. The number of fused-ring (bicyclic) bond motifs is 1. The molecular weight excluding hydrogens is 460 g/mol. The van der Waals surface area contributed by atoms with E-state index in [1.54, 1.807) is 32.4 Å². The lowest BCUT2D eigenvalue weighted by Crippen LogP contribution is -1.99. The maximum absolute atomic E-state index is 12.9. The van der Waals surface area contributed by atoms with Gasteiger partial charge >= 0.3 is 0 Å². The third-order valence-electron chi connectivity index (χ3n) is 5.04. The molecule has 158 valence electrons. The SMILES string of the molecule is COc1cccc(COc2ccc3c(c2C)O/C(=C\c2cc(Br)ccc2OC)C3=O)c1. The predicted octanol–water partition coefficient (Wildman–Crippen LogP) is 5.97. The van der Waals surface area contributed by atoms with Gasteiger partial charge in [0, 0.05) is 15.6 Å². The van der Waals surface area contributed by atoms with Gasteiger partial charge < -0.3 is 18.9 Å². The van der Waals surface area contributed by atoms with Crippen molar-refractivity contribution in [3.63, 3.8) is 0 Å². The minimum absolute atomic E-state index is 0.167. The van der Waals surface area contributed by atoms with Crippen LogP contribution in [0.2, 0.25) is 0 Å². The summed E-state index contributed by atoms with van der Waals surface area (Å²) in [6.07, 6.45) is 1.70. The van der Waals surface area contributed by atoms with E-state index in [1.165, 1.54) is 0 Å². The van der Waals surface area contributed by atoms with Gasteiger partial charge in [0.2, 0.25) is 5.78 Å². The number of hydrogen-bond donors (Lipinski definition) is 0. The molecule has 0 aliphatic carbocycles. The van der Waals surface area contributed by atoms with E-state index in [0.29, 0.717) is 29.4 Å². The lowest BCUT2D eigenvalue weighted by Gasteiger charge is -2.12. The Bertz CT molecular complexity index is 1180. The summed E-state index contributed by atoms with van der Waals surface area (Å²) in [5.74, 6) is 2.70. The number of halogens is 1. The van der Waals surface area contributed by atoms with Crippen LogP contribution in [0.25, 0.3) is 6.08 Å². The van der Waals surface area contributed by atoms with Crippen molar-refractivity contribution in [1.29, 1.82) is 0 Å². The van der Waals surface area contributed by atoms with Crippen molar-refractivity contribution in [2.75, 3.05) is 14.2 Å². The number of ether oxygens (including phenoxy) is 4. The summed E-state index contributed by atoms with van der Waals surface area (Å²) in [5, 5.41) is 0. The molecule has 0 amide bonds. The van der Waals surface area contributed by atoms with Crippen LogP contribution in [0.3, 0.4) is 0 Å². The van der Waals surface area contributed by atoms with Gasteiger partial charge in [0.1, 0.15) is 29.6 Å². The zero-order valence-electron chi connectivity index (χ0n) is 17.4. The molecule has 6 heteroatoms. The maximum atomic E-state index is 12.9. The largest absolute Gasteiger partial charge is 0.497 e. The molecule has 4 rings (SSSR count). The second-order valence-electron chi connectivity index (χ2n) is 7.03. The fraction of sp³-hybridized carbons (Fsp3) is 0.160. The lowest BCUT2D eigenvalue weighted by atomic mass is 10.1. The molecular formula is C25H21BrO5. The van der Waals surface area contributed by atoms with Crippen LogP contribution in [0.1, 0.15) is 27.0 Å². The molecule has 0 spiro atoms. The average Bonchev–Trinajstić information content (AvgIpc) is 3.10. The number of hydrogen-bond acceptors (Lipinski definition) is 5. The number of allylic oxidation sites excluding steroid dienone is 1.